The molecule has 0 atom stereocenters. The quantitative estimate of drug-likeness (QED) is 0.175. The second kappa shape index (κ2) is 12.6. The van der Waals surface area contributed by atoms with Crippen molar-refractivity contribution >= 4 is 75.4 Å². The molecule has 0 amide bonds. The highest BCUT2D eigenvalue weighted by Gasteiger charge is 2.20. The lowest BCUT2D eigenvalue weighted by atomic mass is 9.91. The van der Waals surface area contributed by atoms with Crippen LogP contribution in [0.25, 0.3) is 120 Å². The van der Waals surface area contributed by atoms with Gasteiger partial charge < -0.3 is 8.83 Å². The van der Waals surface area contributed by atoms with Gasteiger partial charge in [-0.2, -0.15) is 0 Å². The van der Waals surface area contributed by atoms with Crippen molar-refractivity contribution in [2.24, 2.45) is 0 Å². The molecule has 0 radical (unpaired) electrons. The molecular weight excluding hydrogens is 719 g/mol. The third kappa shape index (κ3) is 5.12. The largest absolute Gasteiger partial charge is 0.456 e. The Labute approximate surface area is 330 Å². The van der Waals surface area contributed by atoms with E-state index in [1.807, 2.05) is 65.9 Å². The fourth-order valence-corrected chi connectivity index (χ4v) is 9.55. The molecule has 57 heavy (non-hydrogen) atoms. The molecule has 0 unspecified atom stereocenters. The number of fused-ring (bicyclic) bond motifs is 9. The van der Waals surface area contributed by atoms with E-state index in [2.05, 4.69) is 121 Å². The van der Waals surface area contributed by atoms with Gasteiger partial charge in [-0.25, -0.2) is 15.0 Å². The van der Waals surface area contributed by atoms with Gasteiger partial charge in [0.15, 0.2) is 17.5 Å². The lowest BCUT2D eigenvalue weighted by Gasteiger charge is -2.12. The normalized spacial score (nSPS) is 11.9. The summed E-state index contributed by atoms with van der Waals surface area (Å²) in [5.41, 5.74) is 10.6. The Bertz CT molecular complexity index is 3540. The molecule has 12 rings (SSSR count). The summed E-state index contributed by atoms with van der Waals surface area (Å²) in [6, 6.07) is 61.0. The van der Waals surface area contributed by atoms with Crippen LogP contribution >= 0.6 is 11.3 Å². The summed E-state index contributed by atoms with van der Waals surface area (Å²) < 4.78 is 15.5. The predicted molar refractivity (Wildman–Crippen MR) is 234 cm³/mol. The lowest BCUT2D eigenvalue weighted by molar-refractivity contribution is 0.668. The van der Waals surface area contributed by atoms with E-state index in [9.17, 15) is 0 Å². The summed E-state index contributed by atoms with van der Waals surface area (Å²) >= 11 is 1.85. The van der Waals surface area contributed by atoms with Crippen molar-refractivity contribution in [3.05, 3.63) is 176 Å². The van der Waals surface area contributed by atoms with Gasteiger partial charge in [-0.05, 0) is 59.2 Å². The summed E-state index contributed by atoms with van der Waals surface area (Å²) in [5.74, 6) is 1.73. The average molecular weight is 748 g/mol. The summed E-state index contributed by atoms with van der Waals surface area (Å²) in [5, 5.41) is 6.84. The smallest absolute Gasteiger partial charge is 0.164 e. The number of hydrogen-bond donors (Lipinski definition) is 0. The molecule has 4 aromatic heterocycles. The summed E-state index contributed by atoms with van der Waals surface area (Å²) in [7, 11) is 0. The van der Waals surface area contributed by atoms with E-state index >= 15 is 0 Å². The number of furan rings is 2. The molecule has 0 aliphatic heterocycles. The van der Waals surface area contributed by atoms with Crippen LogP contribution in [0.4, 0.5) is 0 Å². The van der Waals surface area contributed by atoms with Gasteiger partial charge in [-0.1, -0.05) is 133 Å². The molecule has 0 spiro atoms. The average Bonchev–Trinajstić information content (AvgIpc) is 3.97. The standard InChI is InChI=1S/C51H29N3O2S/c1-2-12-30(13-3-1)49-52-50(31-24-26-36-35-16-6-8-21-42(35)55-44(36)28-31)54-51(53-49)32-25-27-41-45(29-32)56-43-22-11-18-38(47(41)43)33-14-4-5-15-34(33)39-19-10-20-40-37-17-7-9-23-46(37)57-48(39)40/h1-29H. The van der Waals surface area contributed by atoms with Crippen LogP contribution < -0.4 is 0 Å². The predicted octanol–water partition coefficient (Wildman–Crippen LogP) is 14.4. The Morgan fingerprint density at radius 2 is 0.860 bits per heavy atom. The Balaban J connectivity index is 1.01. The number of aromatic nitrogens is 3. The van der Waals surface area contributed by atoms with Crippen LogP contribution in [0.15, 0.2) is 185 Å². The van der Waals surface area contributed by atoms with Gasteiger partial charge in [-0.3, -0.25) is 0 Å². The van der Waals surface area contributed by atoms with E-state index in [-0.39, 0.29) is 0 Å². The highest BCUT2D eigenvalue weighted by Crippen LogP contribution is 2.45. The molecule has 0 saturated carbocycles. The van der Waals surface area contributed by atoms with Gasteiger partial charge in [0.25, 0.3) is 0 Å². The molecule has 0 N–H and O–H groups in total. The first-order chi connectivity index (χ1) is 28.2. The van der Waals surface area contributed by atoms with Gasteiger partial charge in [-0.15, -0.1) is 11.3 Å². The van der Waals surface area contributed by atoms with Crippen molar-refractivity contribution < 1.29 is 8.83 Å². The molecule has 0 bridgehead atoms. The molecule has 266 valence electrons. The second-order valence-electron chi connectivity index (χ2n) is 14.3. The van der Waals surface area contributed by atoms with Crippen molar-refractivity contribution in [3.8, 4) is 56.4 Å². The lowest BCUT2D eigenvalue weighted by Crippen LogP contribution is -2.00. The van der Waals surface area contributed by atoms with E-state index in [0.29, 0.717) is 17.5 Å². The van der Waals surface area contributed by atoms with E-state index in [4.69, 9.17) is 23.8 Å². The monoisotopic (exact) mass is 747 g/mol. The molecule has 0 saturated heterocycles. The van der Waals surface area contributed by atoms with Crippen LogP contribution in [0, 0.1) is 0 Å². The minimum atomic E-state index is 0.563. The Kier molecular flexibility index (Phi) is 7.03. The van der Waals surface area contributed by atoms with Gasteiger partial charge in [0.05, 0.1) is 0 Å². The molecule has 4 heterocycles. The molecule has 6 heteroatoms. The zero-order chi connectivity index (χ0) is 37.5. The highest BCUT2D eigenvalue weighted by atomic mass is 32.1. The Morgan fingerprint density at radius 1 is 0.333 bits per heavy atom. The van der Waals surface area contributed by atoms with Crippen LogP contribution in [-0.4, -0.2) is 15.0 Å². The maximum atomic E-state index is 6.66. The summed E-state index contributed by atoms with van der Waals surface area (Å²) in [4.78, 5) is 15.1. The number of benzene rings is 8. The van der Waals surface area contributed by atoms with Crippen LogP contribution in [-0.2, 0) is 0 Å². The van der Waals surface area contributed by atoms with Crippen molar-refractivity contribution in [2.75, 3.05) is 0 Å². The number of nitrogens with zero attached hydrogens (tertiary/aromatic N) is 3. The number of thiophene rings is 1. The number of para-hydroxylation sites is 1. The summed E-state index contributed by atoms with van der Waals surface area (Å²) in [6.07, 6.45) is 0. The fraction of sp³-hybridized carbons (Fsp3) is 0. The van der Waals surface area contributed by atoms with E-state index < -0.39 is 0 Å². The minimum Gasteiger partial charge on any atom is -0.456 e. The fourth-order valence-electron chi connectivity index (χ4n) is 8.32. The first kappa shape index (κ1) is 31.9. The minimum absolute atomic E-state index is 0.563. The number of rotatable bonds is 5. The molecule has 5 nitrogen and oxygen atoms in total. The zero-order valence-electron chi connectivity index (χ0n) is 30.3. The van der Waals surface area contributed by atoms with Crippen LogP contribution in [0.3, 0.4) is 0 Å². The number of hydrogen-bond acceptors (Lipinski definition) is 6. The maximum Gasteiger partial charge on any atom is 0.164 e. The van der Waals surface area contributed by atoms with Gasteiger partial charge in [0.1, 0.15) is 22.3 Å². The van der Waals surface area contributed by atoms with Crippen LogP contribution in [0.5, 0.6) is 0 Å². The Morgan fingerprint density at radius 3 is 1.67 bits per heavy atom. The maximum absolute atomic E-state index is 6.66. The zero-order valence-corrected chi connectivity index (χ0v) is 31.1. The van der Waals surface area contributed by atoms with Gasteiger partial charge >= 0.3 is 0 Å². The van der Waals surface area contributed by atoms with Crippen molar-refractivity contribution in [1.29, 1.82) is 0 Å². The first-order valence-electron chi connectivity index (χ1n) is 18.9. The molecule has 0 aliphatic carbocycles. The second-order valence-corrected chi connectivity index (χ2v) is 15.4. The van der Waals surface area contributed by atoms with Crippen molar-refractivity contribution in [3.63, 3.8) is 0 Å². The highest BCUT2D eigenvalue weighted by molar-refractivity contribution is 7.26. The van der Waals surface area contributed by atoms with Crippen molar-refractivity contribution in [2.45, 2.75) is 0 Å². The third-order valence-electron chi connectivity index (χ3n) is 11.0. The van der Waals surface area contributed by atoms with Crippen molar-refractivity contribution in [1.82, 2.24) is 15.0 Å². The molecule has 0 aliphatic rings. The summed E-state index contributed by atoms with van der Waals surface area (Å²) in [6.45, 7) is 0. The first-order valence-corrected chi connectivity index (χ1v) is 19.7. The van der Waals surface area contributed by atoms with Crippen LogP contribution in [0.1, 0.15) is 0 Å². The Hall–Kier alpha value is -7.41. The molecule has 12 aromatic rings. The van der Waals surface area contributed by atoms with Gasteiger partial charge in [0.2, 0.25) is 0 Å². The third-order valence-corrected chi connectivity index (χ3v) is 12.2. The molecule has 0 fully saturated rings. The van der Waals surface area contributed by atoms with E-state index in [1.54, 1.807) is 0 Å². The van der Waals surface area contributed by atoms with Crippen LogP contribution in [0.2, 0.25) is 0 Å². The topological polar surface area (TPSA) is 65.0 Å². The molecular formula is C51H29N3O2S. The molecule has 8 aromatic carbocycles. The van der Waals surface area contributed by atoms with Gasteiger partial charge in [0, 0.05) is 64.0 Å². The van der Waals surface area contributed by atoms with E-state index in [1.165, 1.54) is 31.3 Å². The SMILES string of the molecule is c1ccc(-c2nc(-c3ccc4c(c3)oc3ccccc34)nc(-c3ccc4c(c3)oc3cccc(-c5ccccc5-c5cccc6c5sc5ccccc56)c34)n2)cc1. The van der Waals surface area contributed by atoms with E-state index in [0.717, 1.165) is 71.7 Å².